The number of hydrogen-bond donors (Lipinski definition) is 1. The summed E-state index contributed by atoms with van der Waals surface area (Å²) in [4.78, 5) is 51.1. The average molecular weight is 415 g/mol. The van der Waals surface area contributed by atoms with Crippen LogP contribution in [0.25, 0.3) is 0 Å². The Morgan fingerprint density at radius 1 is 1.13 bits per heavy atom. The molecular weight excluding hydrogens is 390 g/mol. The third kappa shape index (κ3) is 5.34. The third-order valence-corrected chi connectivity index (χ3v) is 4.44. The maximum absolute atomic E-state index is 12.7. The van der Waals surface area contributed by atoms with E-state index in [-0.39, 0.29) is 18.1 Å². The number of aryl methyl sites for hydroxylation is 1. The molecule has 0 aliphatic rings. The van der Waals surface area contributed by atoms with Crippen molar-refractivity contribution < 1.29 is 33.4 Å². The van der Waals surface area contributed by atoms with Crippen molar-refractivity contribution in [3.63, 3.8) is 0 Å². The standard InChI is InChI=1S/C22H25NO7/c1-6-28-22(27)19-12(2)20(23-13(19)3)21(26)15(5)30-18(25)11-29-17-9-7-8-16(10-17)14(4)24/h7-10,15,23H,6,11H2,1-5H3/t15-/m0/s1. The molecule has 30 heavy (non-hydrogen) atoms. The number of esters is 2. The lowest BCUT2D eigenvalue weighted by Crippen LogP contribution is -2.28. The summed E-state index contributed by atoms with van der Waals surface area (Å²) in [6.07, 6.45) is -1.09. The van der Waals surface area contributed by atoms with Gasteiger partial charge in [0.25, 0.3) is 0 Å². The van der Waals surface area contributed by atoms with E-state index in [1.165, 1.54) is 19.9 Å². The zero-order valence-electron chi connectivity index (χ0n) is 17.7. The maximum Gasteiger partial charge on any atom is 0.344 e. The summed E-state index contributed by atoms with van der Waals surface area (Å²) in [5.74, 6) is -1.52. The van der Waals surface area contributed by atoms with E-state index in [0.29, 0.717) is 28.1 Å². The van der Waals surface area contributed by atoms with Crippen molar-refractivity contribution in [2.75, 3.05) is 13.2 Å². The molecule has 0 aliphatic carbocycles. The highest BCUT2D eigenvalue weighted by Gasteiger charge is 2.27. The van der Waals surface area contributed by atoms with Crippen LogP contribution in [0.5, 0.6) is 5.75 Å². The van der Waals surface area contributed by atoms with Gasteiger partial charge in [-0.2, -0.15) is 0 Å². The summed E-state index contributed by atoms with van der Waals surface area (Å²) in [7, 11) is 0. The van der Waals surface area contributed by atoms with Crippen LogP contribution in [-0.4, -0.2) is 47.8 Å². The van der Waals surface area contributed by atoms with E-state index < -0.39 is 30.4 Å². The first-order valence-electron chi connectivity index (χ1n) is 9.49. The van der Waals surface area contributed by atoms with Crippen molar-refractivity contribution in [2.24, 2.45) is 0 Å². The lowest BCUT2D eigenvalue weighted by molar-refractivity contribution is -0.148. The van der Waals surface area contributed by atoms with Crippen LogP contribution in [0.2, 0.25) is 0 Å². The SMILES string of the molecule is CCOC(=O)c1c(C)[nH]c(C(=O)[C@H](C)OC(=O)COc2cccc(C(C)=O)c2)c1C. The second-order valence-corrected chi connectivity index (χ2v) is 6.71. The van der Waals surface area contributed by atoms with Crippen molar-refractivity contribution in [2.45, 2.75) is 40.7 Å². The number of ether oxygens (including phenoxy) is 3. The monoisotopic (exact) mass is 415 g/mol. The highest BCUT2D eigenvalue weighted by atomic mass is 16.6. The number of Topliss-reactive ketones (excluding diaryl/α,β-unsaturated/α-hetero) is 2. The van der Waals surface area contributed by atoms with Crippen LogP contribution in [0.15, 0.2) is 24.3 Å². The Labute approximate surface area is 174 Å². The largest absolute Gasteiger partial charge is 0.482 e. The molecule has 8 nitrogen and oxygen atoms in total. The summed E-state index contributed by atoms with van der Waals surface area (Å²) < 4.78 is 15.5. The molecule has 0 aliphatic heterocycles. The molecule has 2 aromatic rings. The number of carbonyl (C=O) groups is 4. The van der Waals surface area contributed by atoms with Crippen LogP contribution in [-0.2, 0) is 14.3 Å². The maximum atomic E-state index is 12.7. The summed E-state index contributed by atoms with van der Waals surface area (Å²) in [5.41, 5.74) is 1.88. The Bertz CT molecular complexity index is 974. The highest BCUT2D eigenvalue weighted by Crippen LogP contribution is 2.21. The first-order chi connectivity index (χ1) is 14.1. The molecule has 0 saturated carbocycles. The van der Waals surface area contributed by atoms with Crippen molar-refractivity contribution in [3.8, 4) is 5.75 Å². The quantitative estimate of drug-likeness (QED) is 0.494. The van der Waals surface area contributed by atoms with Crippen molar-refractivity contribution in [1.82, 2.24) is 4.98 Å². The number of H-pyrrole nitrogens is 1. The molecule has 0 fully saturated rings. The Kier molecular flexibility index (Phi) is 7.52. The topological polar surface area (TPSA) is 112 Å². The first-order valence-corrected chi connectivity index (χ1v) is 9.49. The van der Waals surface area contributed by atoms with Gasteiger partial charge in [0.05, 0.1) is 17.9 Å². The second kappa shape index (κ2) is 9.87. The van der Waals surface area contributed by atoms with Crippen LogP contribution < -0.4 is 4.74 Å². The van der Waals surface area contributed by atoms with Gasteiger partial charge in [-0.25, -0.2) is 9.59 Å². The molecule has 1 aromatic heterocycles. The normalized spacial score (nSPS) is 11.5. The smallest absolute Gasteiger partial charge is 0.344 e. The number of benzene rings is 1. The van der Waals surface area contributed by atoms with Gasteiger partial charge in [0.2, 0.25) is 5.78 Å². The minimum absolute atomic E-state index is 0.124. The molecule has 160 valence electrons. The number of aromatic amines is 1. The zero-order chi connectivity index (χ0) is 22.4. The minimum atomic E-state index is -1.09. The van der Waals surface area contributed by atoms with Crippen molar-refractivity contribution in [1.29, 1.82) is 0 Å². The number of hydrogen-bond acceptors (Lipinski definition) is 7. The van der Waals surface area contributed by atoms with Gasteiger partial charge in [0.1, 0.15) is 5.75 Å². The van der Waals surface area contributed by atoms with E-state index in [2.05, 4.69) is 4.98 Å². The predicted octanol–water partition coefficient (Wildman–Crippen LogP) is 3.20. The molecule has 1 heterocycles. The van der Waals surface area contributed by atoms with E-state index in [9.17, 15) is 19.2 Å². The lowest BCUT2D eigenvalue weighted by atomic mass is 10.1. The highest BCUT2D eigenvalue weighted by molar-refractivity contribution is 6.04. The number of nitrogens with one attached hydrogen (secondary N) is 1. The van der Waals surface area contributed by atoms with Gasteiger partial charge >= 0.3 is 11.9 Å². The van der Waals surface area contributed by atoms with Gasteiger partial charge in [0, 0.05) is 11.3 Å². The molecule has 1 aromatic carbocycles. The van der Waals surface area contributed by atoms with E-state index in [4.69, 9.17) is 14.2 Å². The number of ketones is 2. The molecule has 0 unspecified atom stereocenters. The molecule has 0 saturated heterocycles. The van der Waals surface area contributed by atoms with Gasteiger partial charge in [0.15, 0.2) is 18.5 Å². The van der Waals surface area contributed by atoms with Crippen molar-refractivity contribution >= 4 is 23.5 Å². The number of aromatic nitrogens is 1. The number of rotatable bonds is 9. The van der Waals surface area contributed by atoms with Gasteiger partial charge in [-0.15, -0.1) is 0 Å². The fourth-order valence-corrected chi connectivity index (χ4v) is 2.94. The molecule has 1 N–H and O–H groups in total. The first kappa shape index (κ1) is 22.9. The molecule has 0 radical (unpaired) electrons. The molecular formula is C22H25NO7. The minimum Gasteiger partial charge on any atom is -0.482 e. The van der Waals surface area contributed by atoms with E-state index in [1.54, 1.807) is 39.0 Å². The Morgan fingerprint density at radius 2 is 1.83 bits per heavy atom. The molecule has 0 amide bonds. The Hall–Kier alpha value is -3.42. The van der Waals surface area contributed by atoms with E-state index >= 15 is 0 Å². The Morgan fingerprint density at radius 3 is 2.47 bits per heavy atom. The van der Waals surface area contributed by atoms with Gasteiger partial charge in [-0.3, -0.25) is 9.59 Å². The van der Waals surface area contributed by atoms with Gasteiger partial charge in [-0.05, 0) is 52.3 Å². The van der Waals surface area contributed by atoms with Gasteiger partial charge < -0.3 is 19.2 Å². The summed E-state index contributed by atoms with van der Waals surface area (Å²) >= 11 is 0. The fourth-order valence-electron chi connectivity index (χ4n) is 2.94. The van der Waals surface area contributed by atoms with Crippen LogP contribution in [0.4, 0.5) is 0 Å². The average Bonchev–Trinajstić information content (AvgIpc) is 3.00. The summed E-state index contributed by atoms with van der Waals surface area (Å²) in [5, 5.41) is 0. The molecule has 8 heteroatoms. The van der Waals surface area contributed by atoms with Crippen molar-refractivity contribution in [3.05, 3.63) is 52.3 Å². The van der Waals surface area contributed by atoms with Crippen LogP contribution in [0.3, 0.4) is 0 Å². The van der Waals surface area contributed by atoms with Crippen LogP contribution in [0.1, 0.15) is 63.2 Å². The van der Waals surface area contributed by atoms with E-state index in [1.807, 2.05) is 0 Å². The summed E-state index contributed by atoms with van der Waals surface area (Å²) in [6.45, 7) is 7.65. The fraction of sp³-hybridized carbons (Fsp3) is 0.364. The molecule has 0 bridgehead atoms. The lowest BCUT2D eigenvalue weighted by Gasteiger charge is -2.13. The molecule has 2 rings (SSSR count). The second-order valence-electron chi connectivity index (χ2n) is 6.71. The van der Waals surface area contributed by atoms with Gasteiger partial charge in [-0.1, -0.05) is 12.1 Å². The van der Waals surface area contributed by atoms with Crippen LogP contribution in [0, 0.1) is 13.8 Å². The molecule has 0 spiro atoms. The van der Waals surface area contributed by atoms with Crippen LogP contribution >= 0.6 is 0 Å². The number of carbonyl (C=O) groups excluding carboxylic acids is 4. The summed E-state index contributed by atoms with van der Waals surface area (Å²) in [6, 6.07) is 6.41. The predicted molar refractivity (Wildman–Crippen MR) is 108 cm³/mol. The molecule has 1 atom stereocenters. The Balaban J connectivity index is 2.01. The third-order valence-electron chi connectivity index (χ3n) is 4.44. The van der Waals surface area contributed by atoms with E-state index in [0.717, 1.165) is 0 Å². The zero-order valence-corrected chi connectivity index (χ0v) is 17.7.